The average molecular weight is 268 g/mol. The number of pyridine rings is 1. The Morgan fingerprint density at radius 3 is 3.00 bits per heavy atom. The first kappa shape index (κ1) is 12.3. The van der Waals surface area contributed by atoms with Gasteiger partial charge < -0.3 is 5.43 Å². The van der Waals surface area contributed by atoms with Gasteiger partial charge in [0.15, 0.2) is 0 Å². The van der Waals surface area contributed by atoms with E-state index < -0.39 is 11.2 Å². The highest BCUT2D eigenvalue weighted by molar-refractivity contribution is 6.30. The molecule has 0 fully saturated rings. The van der Waals surface area contributed by atoms with Gasteiger partial charge in [-0.1, -0.05) is 11.6 Å². The number of nitrogens with one attached hydrogen (secondary N) is 2. The molecule has 0 unspecified atom stereocenters. The predicted molar refractivity (Wildman–Crippen MR) is 67.5 cm³/mol. The number of halogens is 1. The molecule has 4 N–H and O–H groups in total. The molecule has 0 aliphatic heterocycles. The number of nitrogens with two attached hydrogens (primary N) is 1. The third kappa shape index (κ3) is 2.58. The molecule has 7 nitrogen and oxygen atoms in total. The van der Waals surface area contributed by atoms with Gasteiger partial charge in [0.1, 0.15) is 5.02 Å². The molecule has 0 spiro atoms. The number of hydrogen-bond donors (Lipinski definition) is 3. The minimum atomic E-state index is -0.608. The van der Waals surface area contributed by atoms with Crippen LogP contribution in [0.5, 0.6) is 0 Å². The van der Waals surface area contributed by atoms with E-state index in [9.17, 15) is 9.59 Å². The topological polar surface area (TPSA) is 106 Å². The smallest absolute Gasteiger partial charge is 0.324 e. The number of hydrogen-bond acceptors (Lipinski definition) is 5. The fourth-order valence-electron chi connectivity index (χ4n) is 1.43. The molecule has 0 aliphatic rings. The first-order chi connectivity index (χ1) is 8.60. The van der Waals surface area contributed by atoms with Gasteiger partial charge in [0, 0.05) is 12.4 Å². The third-order valence-corrected chi connectivity index (χ3v) is 2.55. The number of rotatable bonds is 3. The molecule has 0 saturated heterocycles. The molecule has 2 aromatic rings. The summed E-state index contributed by atoms with van der Waals surface area (Å²) in [6, 6.07) is 3.37. The molecule has 0 atom stereocenters. The summed E-state index contributed by atoms with van der Waals surface area (Å²) in [5.74, 6) is 5.27. The molecule has 94 valence electrons. The first-order valence-electron chi connectivity index (χ1n) is 5.01. The Kier molecular flexibility index (Phi) is 3.45. The van der Waals surface area contributed by atoms with E-state index >= 15 is 0 Å². The number of anilines is 1. The molecule has 8 heteroatoms. The van der Waals surface area contributed by atoms with Crippen LogP contribution in [0, 0.1) is 0 Å². The Morgan fingerprint density at radius 1 is 1.50 bits per heavy atom. The lowest BCUT2D eigenvalue weighted by atomic mass is 10.3. The van der Waals surface area contributed by atoms with Crippen molar-refractivity contribution in [3.63, 3.8) is 0 Å². The van der Waals surface area contributed by atoms with Gasteiger partial charge in [-0.2, -0.15) is 0 Å². The molecular formula is C10H10ClN5O2. The summed E-state index contributed by atoms with van der Waals surface area (Å²) in [6.45, 7) is 0.185. The highest BCUT2D eigenvalue weighted by Gasteiger charge is 2.04. The molecule has 0 aliphatic carbocycles. The second-order valence-corrected chi connectivity index (χ2v) is 3.95. The maximum atomic E-state index is 11.5. The fourth-order valence-corrected chi connectivity index (χ4v) is 1.59. The molecule has 0 bridgehead atoms. The summed E-state index contributed by atoms with van der Waals surface area (Å²) in [5, 5.41) is -0.0531. The van der Waals surface area contributed by atoms with Crippen molar-refractivity contribution in [1.82, 2.24) is 14.5 Å². The Hall–Kier alpha value is -2.12. The summed E-state index contributed by atoms with van der Waals surface area (Å²) in [4.78, 5) is 28.8. The second-order valence-electron chi connectivity index (χ2n) is 3.54. The normalized spacial score (nSPS) is 10.3. The van der Waals surface area contributed by atoms with Crippen molar-refractivity contribution >= 4 is 17.3 Å². The average Bonchev–Trinajstić information content (AvgIpc) is 2.36. The van der Waals surface area contributed by atoms with Gasteiger partial charge in [-0.05, 0) is 12.1 Å². The number of aromatic nitrogens is 3. The molecule has 0 saturated carbocycles. The van der Waals surface area contributed by atoms with Gasteiger partial charge in [-0.3, -0.25) is 25.2 Å². The Bertz CT molecular complexity index is 678. The highest BCUT2D eigenvalue weighted by atomic mass is 35.5. The molecule has 0 aromatic carbocycles. The zero-order valence-electron chi connectivity index (χ0n) is 9.18. The summed E-state index contributed by atoms with van der Waals surface area (Å²) < 4.78 is 1.26. The van der Waals surface area contributed by atoms with Crippen molar-refractivity contribution in [3.8, 4) is 0 Å². The van der Waals surface area contributed by atoms with Crippen LogP contribution in [-0.4, -0.2) is 14.5 Å². The van der Waals surface area contributed by atoms with E-state index in [-0.39, 0.29) is 11.6 Å². The Labute approximate surface area is 106 Å². The standard InChI is InChI=1S/C10H10ClN5O2/c11-8-5-16(10(18)14-9(8)17)4-7-3-6(15-12)1-2-13-7/h1-3,5H,4,12H2,(H,13,15)(H,14,17,18). The lowest BCUT2D eigenvalue weighted by Crippen LogP contribution is -2.30. The Balaban J connectivity index is 2.36. The highest BCUT2D eigenvalue weighted by Crippen LogP contribution is 2.07. The van der Waals surface area contributed by atoms with Crippen molar-refractivity contribution in [2.45, 2.75) is 6.54 Å². The molecule has 18 heavy (non-hydrogen) atoms. The van der Waals surface area contributed by atoms with E-state index in [1.165, 1.54) is 10.8 Å². The predicted octanol–water partition coefficient (Wildman–Crippen LogP) is -0.0811. The van der Waals surface area contributed by atoms with Gasteiger partial charge in [-0.15, -0.1) is 0 Å². The number of H-pyrrole nitrogens is 1. The third-order valence-electron chi connectivity index (χ3n) is 2.28. The molecule has 2 heterocycles. The van der Waals surface area contributed by atoms with Gasteiger partial charge in [0.2, 0.25) is 0 Å². The molecule has 2 rings (SSSR count). The van der Waals surface area contributed by atoms with E-state index in [0.717, 1.165) is 0 Å². The van der Waals surface area contributed by atoms with Crippen LogP contribution < -0.4 is 22.5 Å². The molecule has 0 radical (unpaired) electrons. The SMILES string of the molecule is NNc1ccnc(Cn2cc(Cl)c(=O)[nH]c2=O)c1. The maximum Gasteiger partial charge on any atom is 0.328 e. The van der Waals surface area contributed by atoms with Crippen LogP contribution in [0.4, 0.5) is 5.69 Å². The van der Waals surface area contributed by atoms with Crippen LogP contribution in [0.15, 0.2) is 34.1 Å². The van der Waals surface area contributed by atoms with Crippen molar-refractivity contribution in [2.24, 2.45) is 5.84 Å². The van der Waals surface area contributed by atoms with Gasteiger partial charge in [0.25, 0.3) is 5.56 Å². The number of nitrogen functional groups attached to an aromatic ring is 1. The van der Waals surface area contributed by atoms with Crippen molar-refractivity contribution in [3.05, 3.63) is 56.1 Å². The lowest BCUT2D eigenvalue weighted by molar-refractivity contribution is 0.705. The van der Waals surface area contributed by atoms with Crippen LogP contribution in [0.3, 0.4) is 0 Å². The van der Waals surface area contributed by atoms with Crippen molar-refractivity contribution in [2.75, 3.05) is 5.43 Å². The van der Waals surface area contributed by atoms with Gasteiger partial charge >= 0.3 is 5.69 Å². The van der Waals surface area contributed by atoms with Gasteiger partial charge in [-0.25, -0.2) is 4.79 Å². The van der Waals surface area contributed by atoms with Crippen molar-refractivity contribution < 1.29 is 0 Å². The number of nitrogens with zero attached hydrogens (tertiary/aromatic N) is 2. The minimum absolute atomic E-state index is 0.0531. The zero-order valence-corrected chi connectivity index (χ0v) is 9.94. The summed E-state index contributed by atoms with van der Waals surface area (Å²) in [5.41, 5.74) is 2.60. The van der Waals surface area contributed by atoms with E-state index in [1.54, 1.807) is 18.3 Å². The van der Waals surface area contributed by atoms with E-state index in [1.807, 2.05) is 0 Å². The maximum absolute atomic E-state index is 11.5. The summed E-state index contributed by atoms with van der Waals surface area (Å²) in [6.07, 6.45) is 2.83. The zero-order chi connectivity index (χ0) is 13.1. The quantitative estimate of drug-likeness (QED) is 0.533. The molecule has 0 amide bonds. The van der Waals surface area contributed by atoms with Crippen molar-refractivity contribution in [1.29, 1.82) is 0 Å². The van der Waals surface area contributed by atoms with Gasteiger partial charge in [0.05, 0.1) is 17.9 Å². The first-order valence-corrected chi connectivity index (χ1v) is 5.39. The fraction of sp³-hybridized carbons (Fsp3) is 0.100. The largest absolute Gasteiger partial charge is 0.328 e. The monoisotopic (exact) mass is 267 g/mol. The minimum Gasteiger partial charge on any atom is -0.324 e. The van der Waals surface area contributed by atoms with E-state index in [0.29, 0.717) is 11.4 Å². The van der Waals surface area contributed by atoms with Crippen LogP contribution >= 0.6 is 11.6 Å². The lowest BCUT2D eigenvalue weighted by Gasteiger charge is -2.06. The Morgan fingerprint density at radius 2 is 2.28 bits per heavy atom. The van der Waals surface area contributed by atoms with E-state index in [2.05, 4.69) is 15.4 Å². The van der Waals surface area contributed by atoms with Crippen LogP contribution in [0.25, 0.3) is 0 Å². The van der Waals surface area contributed by atoms with Crippen LogP contribution in [0.1, 0.15) is 5.69 Å². The van der Waals surface area contributed by atoms with Crippen LogP contribution in [-0.2, 0) is 6.54 Å². The summed E-state index contributed by atoms with van der Waals surface area (Å²) in [7, 11) is 0. The second kappa shape index (κ2) is 5.03. The molecule has 2 aromatic heterocycles. The number of aromatic amines is 1. The van der Waals surface area contributed by atoms with E-state index in [4.69, 9.17) is 17.4 Å². The summed E-state index contributed by atoms with van der Waals surface area (Å²) >= 11 is 5.65. The van der Waals surface area contributed by atoms with Crippen LogP contribution in [0.2, 0.25) is 5.02 Å². The number of hydrazine groups is 1. The molecular weight excluding hydrogens is 258 g/mol.